The maximum absolute atomic E-state index is 14.9. The van der Waals surface area contributed by atoms with Crippen molar-refractivity contribution in [3.05, 3.63) is 71.8 Å². The zero-order valence-electron chi connectivity index (χ0n) is 18.3. The number of carboxylic acid groups (broad SMARTS) is 1. The fraction of sp³-hybridized carbons (Fsp3) is 0.320. The van der Waals surface area contributed by atoms with Crippen molar-refractivity contribution in [3.8, 4) is 5.75 Å². The minimum absolute atomic E-state index is 0.0775. The Morgan fingerprint density at radius 3 is 2.82 bits per heavy atom. The van der Waals surface area contributed by atoms with Crippen LogP contribution in [0.1, 0.15) is 18.5 Å². The molecule has 4 rings (SSSR count). The van der Waals surface area contributed by atoms with Gasteiger partial charge in [0.05, 0.1) is 18.4 Å². The average molecular weight is 456 g/mol. The lowest BCUT2D eigenvalue weighted by molar-refractivity contribution is -0.139. The molecule has 174 valence electrons. The molecule has 0 aliphatic carbocycles. The number of hydrogen-bond acceptors (Lipinski definition) is 5. The van der Waals surface area contributed by atoms with Gasteiger partial charge < -0.3 is 24.8 Å². The smallest absolute Gasteiger partial charge is 0.341 e. The number of ether oxygens (including phenoxy) is 2. The summed E-state index contributed by atoms with van der Waals surface area (Å²) < 4.78 is 39.6. The van der Waals surface area contributed by atoms with Crippen molar-refractivity contribution >= 4 is 22.4 Å². The summed E-state index contributed by atoms with van der Waals surface area (Å²) in [5.74, 6) is -3.83. The van der Waals surface area contributed by atoms with E-state index in [0.717, 1.165) is 6.07 Å². The van der Waals surface area contributed by atoms with Gasteiger partial charge in [0, 0.05) is 25.7 Å². The Balaban J connectivity index is 1.43. The zero-order valence-corrected chi connectivity index (χ0v) is 18.3. The van der Waals surface area contributed by atoms with Gasteiger partial charge in [0.15, 0.2) is 24.0 Å². The van der Waals surface area contributed by atoms with Crippen molar-refractivity contribution in [2.24, 2.45) is 0 Å². The summed E-state index contributed by atoms with van der Waals surface area (Å²) in [6.07, 6.45) is -0.205. The Morgan fingerprint density at radius 2 is 2.00 bits per heavy atom. The lowest BCUT2D eigenvalue weighted by Gasteiger charge is -2.35. The number of carboxylic acids is 1. The third-order valence-electron chi connectivity index (χ3n) is 5.79. The standard InChI is InChI=1S/C25H26F2N2O4/c1-16(19-8-4-6-17-5-2-3-7-20(17)19)28-13-18-14-29(11-12-32-18)22-10-9-21(26)25(24(22)27)33-15-23(30)31/h2-10,16,18,28H,11-15H2,1H3,(H,30,31)/t16-,18?/m1/s1. The molecule has 2 N–H and O–H groups in total. The number of anilines is 1. The molecule has 0 amide bonds. The quantitative estimate of drug-likeness (QED) is 0.531. The third kappa shape index (κ3) is 5.23. The second-order valence-electron chi connectivity index (χ2n) is 8.03. The van der Waals surface area contributed by atoms with Crippen molar-refractivity contribution in [2.45, 2.75) is 19.1 Å². The van der Waals surface area contributed by atoms with Crippen LogP contribution >= 0.6 is 0 Å². The van der Waals surface area contributed by atoms with Crippen LogP contribution in [-0.2, 0) is 9.53 Å². The van der Waals surface area contributed by atoms with Crippen LogP contribution in [0, 0.1) is 11.6 Å². The van der Waals surface area contributed by atoms with E-state index in [2.05, 4.69) is 36.5 Å². The van der Waals surface area contributed by atoms with Crippen molar-refractivity contribution in [2.75, 3.05) is 37.7 Å². The van der Waals surface area contributed by atoms with Gasteiger partial charge in [-0.05, 0) is 35.4 Å². The first-order valence-corrected chi connectivity index (χ1v) is 10.8. The second-order valence-corrected chi connectivity index (χ2v) is 8.03. The average Bonchev–Trinajstić information content (AvgIpc) is 2.82. The number of benzene rings is 3. The highest BCUT2D eigenvalue weighted by atomic mass is 19.1. The number of carbonyl (C=O) groups is 1. The molecule has 33 heavy (non-hydrogen) atoms. The fourth-order valence-corrected chi connectivity index (χ4v) is 4.14. The number of halogens is 2. The van der Waals surface area contributed by atoms with Gasteiger partial charge >= 0.3 is 5.97 Å². The van der Waals surface area contributed by atoms with E-state index >= 15 is 0 Å². The van der Waals surface area contributed by atoms with Crippen LogP contribution in [0.5, 0.6) is 5.75 Å². The van der Waals surface area contributed by atoms with E-state index in [1.54, 1.807) is 4.90 Å². The van der Waals surface area contributed by atoms with E-state index < -0.39 is 30.0 Å². The first-order chi connectivity index (χ1) is 15.9. The maximum atomic E-state index is 14.9. The highest BCUT2D eigenvalue weighted by Crippen LogP contribution is 2.31. The lowest BCUT2D eigenvalue weighted by atomic mass is 9.99. The molecule has 6 nitrogen and oxygen atoms in total. The largest absolute Gasteiger partial charge is 0.479 e. The first-order valence-electron chi connectivity index (χ1n) is 10.8. The molecular formula is C25H26F2N2O4. The molecule has 0 bridgehead atoms. The maximum Gasteiger partial charge on any atom is 0.341 e. The van der Waals surface area contributed by atoms with E-state index in [1.165, 1.54) is 22.4 Å². The van der Waals surface area contributed by atoms with Crippen LogP contribution < -0.4 is 15.0 Å². The topological polar surface area (TPSA) is 71.0 Å². The predicted molar refractivity (Wildman–Crippen MR) is 122 cm³/mol. The number of nitrogens with zero attached hydrogens (tertiary/aromatic N) is 1. The molecule has 0 radical (unpaired) electrons. The summed E-state index contributed by atoms with van der Waals surface area (Å²) in [4.78, 5) is 12.5. The van der Waals surface area contributed by atoms with Crippen LogP contribution in [0.2, 0.25) is 0 Å². The first kappa shape index (κ1) is 22.9. The van der Waals surface area contributed by atoms with Crippen LogP contribution in [0.3, 0.4) is 0 Å². The van der Waals surface area contributed by atoms with Gasteiger partial charge in [0.2, 0.25) is 0 Å². The minimum Gasteiger partial charge on any atom is -0.479 e. The summed E-state index contributed by atoms with van der Waals surface area (Å²) >= 11 is 0. The zero-order chi connectivity index (χ0) is 23.4. The van der Waals surface area contributed by atoms with E-state index in [1.807, 2.05) is 18.2 Å². The Labute approximate surface area is 190 Å². The van der Waals surface area contributed by atoms with Crippen LogP contribution in [0.15, 0.2) is 54.6 Å². The molecule has 0 spiro atoms. The van der Waals surface area contributed by atoms with Crippen molar-refractivity contribution in [1.82, 2.24) is 5.32 Å². The summed E-state index contributed by atoms with van der Waals surface area (Å²) in [6.45, 7) is 3.03. The molecule has 0 saturated carbocycles. The van der Waals surface area contributed by atoms with E-state index in [0.29, 0.717) is 26.2 Å². The summed E-state index contributed by atoms with van der Waals surface area (Å²) in [5.41, 5.74) is 1.35. The van der Waals surface area contributed by atoms with Gasteiger partial charge in [-0.15, -0.1) is 0 Å². The van der Waals surface area contributed by atoms with Gasteiger partial charge in [-0.1, -0.05) is 42.5 Å². The minimum atomic E-state index is -1.31. The molecule has 1 aliphatic heterocycles. The van der Waals surface area contributed by atoms with Gasteiger partial charge in [-0.2, -0.15) is 0 Å². The monoisotopic (exact) mass is 456 g/mol. The number of hydrogen-bond donors (Lipinski definition) is 2. The number of morpholine rings is 1. The highest BCUT2D eigenvalue weighted by molar-refractivity contribution is 5.86. The van der Waals surface area contributed by atoms with Gasteiger partial charge in [0.1, 0.15) is 0 Å². The molecule has 8 heteroatoms. The van der Waals surface area contributed by atoms with Gasteiger partial charge in [-0.25, -0.2) is 13.6 Å². The Hall–Kier alpha value is -3.23. The van der Waals surface area contributed by atoms with Crippen LogP contribution in [0.4, 0.5) is 14.5 Å². The molecule has 1 fully saturated rings. The van der Waals surface area contributed by atoms with E-state index in [4.69, 9.17) is 14.6 Å². The van der Waals surface area contributed by atoms with E-state index in [-0.39, 0.29) is 17.8 Å². The number of rotatable bonds is 8. The van der Waals surface area contributed by atoms with Crippen LogP contribution in [-0.4, -0.2) is 50.0 Å². The fourth-order valence-electron chi connectivity index (χ4n) is 4.14. The molecule has 1 saturated heterocycles. The lowest BCUT2D eigenvalue weighted by Crippen LogP contribution is -2.47. The molecule has 3 aromatic carbocycles. The summed E-state index contributed by atoms with van der Waals surface area (Å²) in [6, 6.07) is 16.9. The van der Waals surface area contributed by atoms with Crippen molar-refractivity contribution < 1.29 is 28.2 Å². The van der Waals surface area contributed by atoms with Gasteiger partial charge in [-0.3, -0.25) is 0 Å². The van der Waals surface area contributed by atoms with Crippen molar-refractivity contribution in [3.63, 3.8) is 0 Å². The normalized spacial score (nSPS) is 17.2. The molecule has 3 aromatic rings. The number of fused-ring (bicyclic) bond motifs is 1. The van der Waals surface area contributed by atoms with Gasteiger partial charge in [0.25, 0.3) is 0 Å². The molecule has 1 heterocycles. The van der Waals surface area contributed by atoms with Crippen LogP contribution in [0.25, 0.3) is 10.8 Å². The third-order valence-corrected chi connectivity index (χ3v) is 5.79. The Kier molecular flexibility index (Phi) is 7.05. The van der Waals surface area contributed by atoms with E-state index in [9.17, 15) is 13.6 Å². The molecule has 1 aliphatic rings. The summed E-state index contributed by atoms with van der Waals surface area (Å²) in [7, 11) is 0. The Morgan fingerprint density at radius 1 is 1.21 bits per heavy atom. The SMILES string of the molecule is C[C@@H](NCC1CN(c2ccc(F)c(OCC(=O)O)c2F)CCO1)c1cccc2ccccc12. The molecule has 0 aromatic heterocycles. The summed E-state index contributed by atoms with van der Waals surface area (Å²) in [5, 5.41) is 14.6. The Bertz CT molecular complexity index is 1140. The molecular weight excluding hydrogens is 430 g/mol. The highest BCUT2D eigenvalue weighted by Gasteiger charge is 2.26. The number of aliphatic carboxylic acids is 1. The molecule has 1 unspecified atom stereocenters. The van der Waals surface area contributed by atoms with Crippen molar-refractivity contribution in [1.29, 1.82) is 0 Å². The second kappa shape index (κ2) is 10.1. The number of nitrogens with one attached hydrogen (secondary N) is 1. The predicted octanol–water partition coefficient (Wildman–Crippen LogP) is 4.14. The molecule has 2 atom stereocenters.